The Kier molecular flexibility index (Phi) is 4.50. The molecule has 5 nitrogen and oxygen atoms in total. The van der Waals surface area contributed by atoms with Crippen LogP contribution in [0.25, 0.3) is 0 Å². The number of carbonyl (C=O) groups is 1. The van der Waals surface area contributed by atoms with Crippen LogP contribution >= 0.6 is 0 Å². The number of rotatable bonds is 4. The van der Waals surface area contributed by atoms with Gasteiger partial charge in [0.25, 0.3) is 0 Å². The van der Waals surface area contributed by atoms with Crippen LogP contribution < -0.4 is 4.90 Å². The highest BCUT2D eigenvalue weighted by Gasteiger charge is 2.21. The van der Waals surface area contributed by atoms with Crippen molar-refractivity contribution in [2.45, 2.75) is 40.5 Å². The standard InChI is InChI=1S/C14H23N3O2/c1-9(2)12-15-7-10(11(16-12)13(18)19)17(6)8-14(3,4)5/h7,9H,8H2,1-6H3,(H,18,19). The maximum atomic E-state index is 11.3. The van der Waals surface area contributed by atoms with Crippen molar-refractivity contribution in [2.24, 2.45) is 5.41 Å². The molecule has 0 spiro atoms. The van der Waals surface area contributed by atoms with Gasteiger partial charge in [-0.1, -0.05) is 34.6 Å². The molecule has 19 heavy (non-hydrogen) atoms. The van der Waals surface area contributed by atoms with E-state index in [1.807, 2.05) is 25.8 Å². The number of aromatic nitrogens is 2. The van der Waals surface area contributed by atoms with Gasteiger partial charge in [-0.05, 0) is 5.41 Å². The number of nitrogens with zero attached hydrogens (tertiary/aromatic N) is 3. The van der Waals surface area contributed by atoms with Gasteiger partial charge in [0.05, 0.1) is 11.9 Å². The first kappa shape index (κ1) is 15.4. The Morgan fingerprint density at radius 3 is 2.42 bits per heavy atom. The van der Waals surface area contributed by atoms with Crippen molar-refractivity contribution >= 4 is 11.7 Å². The molecule has 0 fully saturated rings. The van der Waals surface area contributed by atoms with Gasteiger partial charge in [0.2, 0.25) is 0 Å². The molecule has 0 bridgehead atoms. The Hall–Kier alpha value is -1.65. The predicted octanol–water partition coefficient (Wildman–Crippen LogP) is 2.78. The summed E-state index contributed by atoms with van der Waals surface area (Å²) in [6.45, 7) is 10.9. The summed E-state index contributed by atoms with van der Waals surface area (Å²) in [7, 11) is 1.87. The quantitative estimate of drug-likeness (QED) is 0.906. The molecule has 1 rings (SSSR count). The second-order valence-electron chi connectivity index (χ2n) is 6.34. The van der Waals surface area contributed by atoms with E-state index in [2.05, 4.69) is 30.7 Å². The first-order valence-electron chi connectivity index (χ1n) is 6.43. The van der Waals surface area contributed by atoms with Crippen LogP contribution in [0.2, 0.25) is 0 Å². The lowest BCUT2D eigenvalue weighted by molar-refractivity contribution is 0.0690. The number of aromatic carboxylic acids is 1. The molecule has 0 amide bonds. The minimum Gasteiger partial charge on any atom is -0.476 e. The van der Waals surface area contributed by atoms with Crippen LogP contribution in [-0.2, 0) is 0 Å². The van der Waals surface area contributed by atoms with Crippen molar-refractivity contribution in [3.63, 3.8) is 0 Å². The summed E-state index contributed by atoms with van der Waals surface area (Å²) < 4.78 is 0. The van der Waals surface area contributed by atoms with E-state index in [0.717, 1.165) is 6.54 Å². The molecule has 0 saturated carbocycles. The fourth-order valence-corrected chi connectivity index (χ4v) is 1.90. The Bertz CT molecular complexity index is 464. The SMILES string of the molecule is CC(C)c1ncc(N(C)CC(C)(C)C)c(C(=O)O)n1. The summed E-state index contributed by atoms with van der Waals surface area (Å²) in [5.41, 5.74) is 0.707. The number of carboxylic acids is 1. The molecule has 0 saturated heterocycles. The van der Waals surface area contributed by atoms with Crippen LogP contribution in [0, 0.1) is 5.41 Å². The van der Waals surface area contributed by atoms with Crippen molar-refractivity contribution in [1.82, 2.24) is 9.97 Å². The zero-order valence-electron chi connectivity index (χ0n) is 12.6. The molecule has 1 N–H and O–H groups in total. The van der Waals surface area contributed by atoms with Crippen LogP contribution in [0.15, 0.2) is 6.20 Å². The molecule has 0 atom stereocenters. The fourth-order valence-electron chi connectivity index (χ4n) is 1.90. The lowest BCUT2D eigenvalue weighted by Gasteiger charge is -2.28. The number of anilines is 1. The molecule has 0 aliphatic carbocycles. The van der Waals surface area contributed by atoms with Crippen LogP contribution in [-0.4, -0.2) is 34.6 Å². The largest absolute Gasteiger partial charge is 0.476 e. The van der Waals surface area contributed by atoms with Crippen molar-refractivity contribution in [3.8, 4) is 0 Å². The van der Waals surface area contributed by atoms with Crippen molar-refractivity contribution in [1.29, 1.82) is 0 Å². The molecule has 0 aliphatic heterocycles. The Labute approximate surface area is 114 Å². The van der Waals surface area contributed by atoms with E-state index in [1.54, 1.807) is 6.20 Å². The molecule has 0 unspecified atom stereocenters. The lowest BCUT2D eigenvalue weighted by atomic mass is 9.96. The highest BCUT2D eigenvalue weighted by Crippen LogP contribution is 2.23. The van der Waals surface area contributed by atoms with Gasteiger partial charge >= 0.3 is 5.97 Å². The van der Waals surface area contributed by atoms with Crippen LogP contribution in [0.1, 0.15) is 56.8 Å². The fraction of sp³-hybridized carbons (Fsp3) is 0.643. The van der Waals surface area contributed by atoms with Crippen LogP contribution in [0.5, 0.6) is 0 Å². The summed E-state index contributed by atoms with van der Waals surface area (Å²) in [6, 6.07) is 0. The summed E-state index contributed by atoms with van der Waals surface area (Å²) in [4.78, 5) is 21.7. The normalized spacial score (nSPS) is 11.7. The average Bonchev–Trinajstić information content (AvgIpc) is 2.25. The zero-order chi connectivity index (χ0) is 14.8. The van der Waals surface area contributed by atoms with Gasteiger partial charge in [-0.2, -0.15) is 0 Å². The summed E-state index contributed by atoms with van der Waals surface area (Å²) in [5, 5.41) is 9.30. The van der Waals surface area contributed by atoms with E-state index in [9.17, 15) is 9.90 Å². The minimum absolute atomic E-state index is 0.0707. The van der Waals surface area contributed by atoms with E-state index in [1.165, 1.54) is 0 Å². The van der Waals surface area contributed by atoms with E-state index in [0.29, 0.717) is 11.5 Å². The van der Waals surface area contributed by atoms with Gasteiger partial charge in [0, 0.05) is 19.5 Å². The maximum Gasteiger partial charge on any atom is 0.356 e. The van der Waals surface area contributed by atoms with E-state index < -0.39 is 5.97 Å². The van der Waals surface area contributed by atoms with E-state index in [4.69, 9.17) is 0 Å². The topological polar surface area (TPSA) is 66.3 Å². The van der Waals surface area contributed by atoms with E-state index in [-0.39, 0.29) is 17.0 Å². The molecule has 106 valence electrons. The van der Waals surface area contributed by atoms with Gasteiger partial charge < -0.3 is 10.0 Å². The molecule has 0 aliphatic rings. The summed E-state index contributed by atoms with van der Waals surface area (Å²) >= 11 is 0. The first-order chi connectivity index (χ1) is 8.61. The van der Waals surface area contributed by atoms with Crippen molar-refractivity contribution in [2.75, 3.05) is 18.5 Å². The monoisotopic (exact) mass is 265 g/mol. The highest BCUT2D eigenvalue weighted by atomic mass is 16.4. The summed E-state index contributed by atoms with van der Waals surface area (Å²) in [5.74, 6) is -0.342. The molecular formula is C14H23N3O2. The highest BCUT2D eigenvalue weighted by molar-refractivity contribution is 5.91. The molecular weight excluding hydrogens is 242 g/mol. The third-order valence-corrected chi connectivity index (χ3v) is 2.63. The summed E-state index contributed by atoms with van der Waals surface area (Å²) in [6.07, 6.45) is 1.61. The molecule has 0 aromatic carbocycles. The molecule has 1 aromatic heterocycles. The van der Waals surface area contributed by atoms with Gasteiger partial charge in [-0.3, -0.25) is 0 Å². The van der Waals surface area contributed by atoms with Crippen molar-refractivity contribution in [3.05, 3.63) is 17.7 Å². The van der Waals surface area contributed by atoms with Gasteiger partial charge in [-0.25, -0.2) is 14.8 Å². The Balaban J connectivity index is 3.17. The average molecular weight is 265 g/mol. The Morgan fingerprint density at radius 1 is 1.42 bits per heavy atom. The maximum absolute atomic E-state index is 11.3. The van der Waals surface area contributed by atoms with Gasteiger partial charge in [0.15, 0.2) is 5.69 Å². The number of carboxylic acid groups (broad SMARTS) is 1. The Morgan fingerprint density at radius 2 is 2.00 bits per heavy atom. The lowest BCUT2D eigenvalue weighted by Crippen LogP contribution is -2.31. The second kappa shape index (κ2) is 5.55. The third-order valence-electron chi connectivity index (χ3n) is 2.63. The molecule has 1 aromatic rings. The second-order valence-corrected chi connectivity index (χ2v) is 6.34. The van der Waals surface area contributed by atoms with Crippen molar-refractivity contribution < 1.29 is 9.90 Å². The van der Waals surface area contributed by atoms with Gasteiger partial charge in [-0.15, -0.1) is 0 Å². The van der Waals surface area contributed by atoms with E-state index >= 15 is 0 Å². The number of hydrogen-bond donors (Lipinski definition) is 1. The molecule has 0 radical (unpaired) electrons. The van der Waals surface area contributed by atoms with Crippen LogP contribution in [0.3, 0.4) is 0 Å². The third kappa shape index (κ3) is 4.19. The number of hydrogen-bond acceptors (Lipinski definition) is 4. The predicted molar refractivity (Wildman–Crippen MR) is 75.8 cm³/mol. The van der Waals surface area contributed by atoms with Gasteiger partial charge in [0.1, 0.15) is 5.82 Å². The molecule has 5 heteroatoms. The first-order valence-corrected chi connectivity index (χ1v) is 6.43. The molecule has 1 heterocycles. The smallest absolute Gasteiger partial charge is 0.356 e. The minimum atomic E-state index is -1.01. The zero-order valence-corrected chi connectivity index (χ0v) is 12.6. The van der Waals surface area contributed by atoms with Crippen LogP contribution in [0.4, 0.5) is 5.69 Å².